The molecule has 3 aliphatic rings. The molecule has 7 atom stereocenters. The molecule has 0 saturated heterocycles. The number of aryl methyl sites for hydroxylation is 2. The third kappa shape index (κ3) is 6.63. The van der Waals surface area contributed by atoms with Crippen LogP contribution in [-0.4, -0.2) is 51.7 Å². The largest absolute Gasteiger partial charge is 0.491 e. The SMILES string of the molecule is CCCc1cc(Cl)ccc1C1COc2ccc3cc2N(C1)CC1CCC1[C@](OC)(c1nccn1C)/C=C/CC(C)C(C)S(=O)NC3=O. The van der Waals surface area contributed by atoms with Crippen molar-refractivity contribution < 1.29 is 18.5 Å². The zero-order valence-electron chi connectivity index (χ0n) is 28.1. The number of hydrogen-bond donors (Lipinski definition) is 1. The minimum Gasteiger partial charge on any atom is -0.491 e. The zero-order chi connectivity index (χ0) is 33.3. The van der Waals surface area contributed by atoms with Gasteiger partial charge in [-0.25, -0.2) is 9.19 Å². The number of rotatable bonds is 5. The van der Waals surface area contributed by atoms with Crippen molar-refractivity contribution in [1.82, 2.24) is 14.3 Å². The molecule has 47 heavy (non-hydrogen) atoms. The first-order valence-electron chi connectivity index (χ1n) is 16.9. The summed E-state index contributed by atoms with van der Waals surface area (Å²) in [5.74, 6) is 1.93. The first-order valence-corrected chi connectivity index (χ1v) is 18.5. The fourth-order valence-corrected chi connectivity index (χ4v) is 8.82. The second kappa shape index (κ2) is 14.1. The molecule has 2 bridgehead atoms. The number of hydrogen-bond acceptors (Lipinski definition) is 6. The summed E-state index contributed by atoms with van der Waals surface area (Å²) in [6, 6.07) is 11.8. The van der Waals surface area contributed by atoms with Gasteiger partial charge in [0.15, 0.2) is 0 Å². The fraction of sp³-hybridized carbons (Fsp3) is 0.514. The summed E-state index contributed by atoms with van der Waals surface area (Å²) in [5.41, 5.74) is 3.13. The van der Waals surface area contributed by atoms with E-state index in [1.807, 2.05) is 44.6 Å². The number of methoxy groups -OCH3 is 1. The molecule has 0 spiro atoms. The Balaban J connectivity index is 1.45. The zero-order valence-corrected chi connectivity index (χ0v) is 29.7. The van der Waals surface area contributed by atoms with E-state index in [2.05, 4.69) is 52.3 Å². The molecular weight excluding hydrogens is 632 g/mol. The van der Waals surface area contributed by atoms with Crippen LogP contribution in [0.4, 0.5) is 5.69 Å². The highest BCUT2D eigenvalue weighted by molar-refractivity contribution is 7.84. The van der Waals surface area contributed by atoms with Gasteiger partial charge in [-0.3, -0.25) is 9.52 Å². The maximum absolute atomic E-state index is 13.5. The molecule has 2 aromatic carbocycles. The van der Waals surface area contributed by atoms with Crippen molar-refractivity contribution in [3.8, 4) is 5.75 Å². The van der Waals surface area contributed by atoms with Crippen molar-refractivity contribution in [3.05, 3.63) is 88.5 Å². The van der Waals surface area contributed by atoms with E-state index in [1.165, 1.54) is 11.1 Å². The Bertz CT molecular complexity index is 1660. The van der Waals surface area contributed by atoms with Crippen LogP contribution < -0.4 is 14.4 Å². The van der Waals surface area contributed by atoms with Crippen molar-refractivity contribution >= 4 is 34.2 Å². The number of anilines is 1. The lowest BCUT2D eigenvalue weighted by Gasteiger charge is -2.49. The van der Waals surface area contributed by atoms with E-state index >= 15 is 0 Å². The number of halogens is 1. The lowest BCUT2D eigenvalue weighted by atomic mass is 9.63. The fourth-order valence-electron chi connectivity index (χ4n) is 7.61. The second-order valence-corrected chi connectivity index (χ2v) is 15.5. The highest BCUT2D eigenvalue weighted by atomic mass is 35.5. The molecule has 6 rings (SSSR count). The topological polar surface area (TPSA) is 85.7 Å². The molecule has 1 aliphatic carbocycles. The van der Waals surface area contributed by atoms with E-state index in [-0.39, 0.29) is 28.9 Å². The van der Waals surface area contributed by atoms with Gasteiger partial charge >= 0.3 is 0 Å². The van der Waals surface area contributed by atoms with Gasteiger partial charge in [0.1, 0.15) is 28.2 Å². The minimum absolute atomic E-state index is 0.0618. The number of nitrogens with zero attached hydrogens (tertiary/aromatic N) is 3. The van der Waals surface area contributed by atoms with Crippen molar-refractivity contribution in [2.45, 2.75) is 69.6 Å². The molecule has 8 nitrogen and oxygen atoms in total. The summed E-state index contributed by atoms with van der Waals surface area (Å²) in [5, 5.41) is 0.489. The Kier molecular flexibility index (Phi) is 10.2. The molecule has 1 N–H and O–H groups in total. The van der Waals surface area contributed by atoms with E-state index in [9.17, 15) is 9.00 Å². The number of imidazole rings is 1. The van der Waals surface area contributed by atoms with Crippen LogP contribution in [0, 0.1) is 17.8 Å². The van der Waals surface area contributed by atoms with Gasteiger partial charge in [-0.1, -0.05) is 44.0 Å². The van der Waals surface area contributed by atoms with Crippen LogP contribution in [0.25, 0.3) is 0 Å². The normalized spacial score (nSPS) is 30.3. The molecule has 10 heteroatoms. The van der Waals surface area contributed by atoms with E-state index < -0.39 is 16.6 Å². The van der Waals surface area contributed by atoms with Crippen LogP contribution in [0.15, 0.2) is 60.9 Å². The molecule has 1 saturated carbocycles. The van der Waals surface area contributed by atoms with E-state index in [1.54, 1.807) is 13.2 Å². The van der Waals surface area contributed by atoms with E-state index in [0.717, 1.165) is 61.1 Å². The second-order valence-electron chi connectivity index (χ2n) is 13.5. The number of nitrogens with one attached hydrogen (secondary N) is 1. The van der Waals surface area contributed by atoms with Gasteiger partial charge in [-0.2, -0.15) is 0 Å². The van der Waals surface area contributed by atoms with Crippen molar-refractivity contribution in [3.63, 3.8) is 0 Å². The Morgan fingerprint density at radius 1 is 1.17 bits per heavy atom. The summed E-state index contributed by atoms with van der Waals surface area (Å²) in [6.45, 7) is 8.19. The molecule has 1 amide bonds. The maximum Gasteiger partial charge on any atom is 0.263 e. The molecule has 3 aromatic rings. The van der Waals surface area contributed by atoms with Gasteiger partial charge in [0, 0.05) is 62.1 Å². The molecule has 252 valence electrons. The Hall–Kier alpha value is -3.14. The van der Waals surface area contributed by atoms with Gasteiger partial charge in [0.2, 0.25) is 0 Å². The lowest BCUT2D eigenvalue weighted by molar-refractivity contribution is -0.0873. The number of carbonyl (C=O) groups is 1. The number of benzene rings is 2. The van der Waals surface area contributed by atoms with Crippen molar-refractivity contribution in [2.75, 3.05) is 31.7 Å². The molecule has 1 fully saturated rings. The Morgan fingerprint density at radius 3 is 2.70 bits per heavy atom. The van der Waals surface area contributed by atoms with Crippen molar-refractivity contribution in [1.29, 1.82) is 0 Å². The highest BCUT2D eigenvalue weighted by Crippen LogP contribution is 2.50. The van der Waals surface area contributed by atoms with Gasteiger partial charge in [0.25, 0.3) is 5.91 Å². The van der Waals surface area contributed by atoms with Crippen LogP contribution in [0.2, 0.25) is 5.02 Å². The average Bonchev–Trinajstić information content (AvgIpc) is 3.40. The van der Waals surface area contributed by atoms with E-state index in [0.29, 0.717) is 24.5 Å². The van der Waals surface area contributed by atoms with Crippen LogP contribution >= 0.6 is 11.6 Å². The first kappa shape index (κ1) is 33.7. The molecule has 0 radical (unpaired) electrons. The van der Waals surface area contributed by atoms with Crippen LogP contribution in [0.1, 0.15) is 79.7 Å². The molecule has 1 aromatic heterocycles. The maximum atomic E-state index is 13.5. The minimum atomic E-state index is -1.56. The first-order chi connectivity index (χ1) is 22.6. The number of allylic oxidation sites excluding steroid dienone is 1. The summed E-state index contributed by atoms with van der Waals surface area (Å²) < 4.78 is 31.3. The summed E-state index contributed by atoms with van der Waals surface area (Å²) in [6.07, 6.45) is 12.9. The molecule has 3 heterocycles. The number of aromatic nitrogens is 2. The monoisotopic (exact) mass is 678 g/mol. The van der Waals surface area contributed by atoms with Crippen LogP contribution in [0.3, 0.4) is 0 Å². The summed E-state index contributed by atoms with van der Waals surface area (Å²) in [4.78, 5) is 20.7. The van der Waals surface area contributed by atoms with Crippen molar-refractivity contribution in [2.24, 2.45) is 24.8 Å². The van der Waals surface area contributed by atoms with Gasteiger partial charge in [-0.15, -0.1) is 0 Å². The highest BCUT2D eigenvalue weighted by Gasteiger charge is 2.50. The van der Waals surface area contributed by atoms with E-state index in [4.69, 9.17) is 26.1 Å². The summed E-state index contributed by atoms with van der Waals surface area (Å²) >= 11 is 6.46. The number of carbonyl (C=O) groups excluding carboxylic acids is 1. The predicted octanol–water partition coefficient (Wildman–Crippen LogP) is 6.95. The van der Waals surface area contributed by atoms with Gasteiger partial charge in [-0.05, 0) is 92.0 Å². The summed E-state index contributed by atoms with van der Waals surface area (Å²) in [7, 11) is 2.25. The third-order valence-corrected chi connectivity index (χ3v) is 12.4. The molecular formula is C37H47ClN4O4S. The van der Waals surface area contributed by atoms with Crippen LogP contribution in [0.5, 0.6) is 5.75 Å². The Labute approximate surface area is 286 Å². The smallest absolute Gasteiger partial charge is 0.263 e. The third-order valence-electron chi connectivity index (χ3n) is 10.6. The van der Waals surface area contributed by atoms with Gasteiger partial charge < -0.3 is 18.9 Å². The Morgan fingerprint density at radius 2 is 2.00 bits per heavy atom. The average molecular weight is 679 g/mol. The number of fused-ring (bicyclic) bond motifs is 2. The quantitative estimate of drug-likeness (QED) is 0.294. The molecule has 2 aliphatic heterocycles. The lowest BCUT2D eigenvalue weighted by Crippen LogP contribution is -2.50. The number of amides is 1. The standard InChI is InChI=1S/C37H47ClN4O4S/c1-6-8-26-19-30(38)12-13-31(26)29-22-42-21-28-10-14-32(28)37(45-5,36-39-17-18-41(36)4)16-7-9-24(2)25(3)47(44)40-35(43)27-11-15-34(46-23-29)33(42)20-27/h7,11-13,15-20,24-25,28-29,32H,6,8-10,14,21-23H2,1-5H3,(H,40,43)/b16-7+/t24?,25?,28?,29?,32?,37-,47?/m0/s1. The number of ether oxygens (including phenoxy) is 2. The predicted molar refractivity (Wildman–Crippen MR) is 188 cm³/mol. The van der Waals surface area contributed by atoms with Gasteiger partial charge in [0.05, 0.1) is 17.5 Å². The van der Waals surface area contributed by atoms with Crippen LogP contribution in [-0.2, 0) is 34.8 Å². The molecule has 6 unspecified atom stereocenters.